The fourth-order valence-electron chi connectivity index (χ4n) is 2.85. The highest BCUT2D eigenvalue weighted by atomic mass is 16.5. The largest absolute Gasteiger partial charge is 0.483 e. The summed E-state index contributed by atoms with van der Waals surface area (Å²) in [4.78, 5) is 14.2. The van der Waals surface area contributed by atoms with Crippen molar-refractivity contribution in [2.45, 2.75) is 52.4 Å². The van der Waals surface area contributed by atoms with Crippen LogP contribution in [0.25, 0.3) is 0 Å². The summed E-state index contributed by atoms with van der Waals surface area (Å²) in [6.07, 6.45) is 0. The first-order chi connectivity index (χ1) is 11.1. The Bertz CT molecular complexity index is 576. The molecule has 4 heteroatoms. The SMILES string of the molecule is CC(C)(C)c1ccc(OCC(=O)N2CCNCC2)c(C(C)(C)C)c1. The fraction of sp³-hybridized carbons (Fsp3) is 0.650. The number of ether oxygens (including phenoxy) is 1. The maximum absolute atomic E-state index is 12.3. The van der Waals surface area contributed by atoms with E-state index in [4.69, 9.17) is 4.74 Å². The van der Waals surface area contributed by atoms with Gasteiger partial charge in [-0.15, -0.1) is 0 Å². The summed E-state index contributed by atoms with van der Waals surface area (Å²) in [5, 5.41) is 3.26. The highest BCUT2D eigenvalue weighted by molar-refractivity contribution is 5.78. The summed E-state index contributed by atoms with van der Waals surface area (Å²) in [6.45, 7) is 16.5. The molecule has 1 heterocycles. The Labute approximate surface area is 146 Å². The number of rotatable bonds is 3. The van der Waals surface area contributed by atoms with Gasteiger partial charge in [-0.05, 0) is 28.0 Å². The first-order valence-electron chi connectivity index (χ1n) is 8.85. The Morgan fingerprint density at radius 1 is 1.08 bits per heavy atom. The molecule has 1 fully saturated rings. The van der Waals surface area contributed by atoms with Crippen molar-refractivity contribution in [3.8, 4) is 5.75 Å². The van der Waals surface area contributed by atoms with Crippen LogP contribution in [0.1, 0.15) is 52.7 Å². The van der Waals surface area contributed by atoms with E-state index in [2.05, 4.69) is 59.0 Å². The number of nitrogens with one attached hydrogen (secondary N) is 1. The van der Waals surface area contributed by atoms with Crippen LogP contribution < -0.4 is 10.1 Å². The molecule has 0 radical (unpaired) electrons. The van der Waals surface area contributed by atoms with E-state index in [0.717, 1.165) is 37.5 Å². The summed E-state index contributed by atoms with van der Waals surface area (Å²) in [5.74, 6) is 0.884. The molecule has 1 amide bonds. The second kappa shape index (κ2) is 7.14. The molecule has 24 heavy (non-hydrogen) atoms. The number of carbonyl (C=O) groups excluding carboxylic acids is 1. The molecule has 0 aromatic heterocycles. The summed E-state index contributed by atoms with van der Waals surface area (Å²) in [7, 11) is 0. The average molecular weight is 332 g/mol. The molecule has 1 saturated heterocycles. The van der Waals surface area contributed by atoms with Crippen LogP contribution in [0.5, 0.6) is 5.75 Å². The second-order valence-electron chi connectivity index (χ2n) is 8.63. The number of hydrogen-bond donors (Lipinski definition) is 1. The summed E-state index contributed by atoms with van der Waals surface area (Å²) in [5.41, 5.74) is 2.50. The smallest absolute Gasteiger partial charge is 0.260 e. The standard InChI is InChI=1S/C20H32N2O2/c1-19(2,3)15-7-8-17(16(13-15)20(4,5)6)24-14-18(23)22-11-9-21-10-12-22/h7-8,13,21H,9-12,14H2,1-6H3. The van der Waals surface area contributed by atoms with E-state index in [9.17, 15) is 4.79 Å². The first kappa shape index (κ1) is 18.8. The average Bonchev–Trinajstić information content (AvgIpc) is 2.51. The molecule has 0 saturated carbocycles. The highest BCUT2D eigenvalue weighted by Gasteiger charge is 2.24. The van der Waals surface area contributed by atoms with Gasteiger partial charge in [-0.25, -0.2) is 0 Å². The van der Waals surface area contributed by atoms with Gasteiger partial charge in [0.05, 0.1) is 0 Å². The molecule has 1 aromatic carbocycles. The molecule has 2 rings (SSSR count). The molecule has 1 aliphatic rings. The van der Waals surface area contributed by atoms with E-state index in [0.29, 0.717) is 0 Å². The third-order valence-corrected chi connectivity index (χ3v) is 4.47. The molecular weight excluding hydrogens is 300 g/mol. The molecule has 0 atom stereocenters. The Kier molecular flexibility index (Phi) is 5.59. The molecule has 0 bridgehead atoms. The number of amides is 1. The minimum atomic E-state index is -0.0331. The van der Waals surface area contributed by atoms with Crippen molar-refractivity contribution in [1.82, 2.24) is 10.2 Å². The quantitative estimate of drug-likeness (QED) is 0.925. The van der Waals surface area contributed by atoms with Crippen LogP contribution in [0.15, 0.2) is 18.2 Å². The van der Waals surface area contributed by atoms with Crippen molar-refractivity contribution in [3.05, 3.63) is 29.3 Å². The van der Waals surface area contributed by atoms with Crippen LogP contribution in [-0.4, -0.2) is 43.6 Å². The van der Waals surface area contributed by atoms with Gasteiger partial charge in [-0.3, -0.25) is 4.79 Å². The van der Waals surface area contributed by atoms with E-state index < -0.39 is 0 Å². The van der Waals surface area contributed by atoms with Crippen LogP contribution in [0.4, 0.5) is 0 Å². The van der Waals surface area contributed by atoms with E-state index >= 15 is 0 Å². The first-order valence-corrected chi connectivity index (χ1v) is 8.85. The van der Waals surface area contributed by atoms with Crippen molar-refractivity contribution >= 4 is 5.91 Å². The molecule has 134 valence electrons. The van der Waals surface area contributed by atoms with Crippen molar-refractivity contribution in [2.24, 2.45) is 0 Å². The van der Waals surface area contributed by atoms with Crippen molar-refractivity contribution in [2.75, 3.05) is 32.8 Å². The molecule has 0 unspecified atom stereocenters. The van der Waals surface area contributed by atoms with Gasteiger partial charge < -0.3 is 15.0 Å². The second-order valence-corrected chi connectivity index (χ2v) is 8.63. The number of benzene rings is 1. The zero-order valence-corrected chi connectivity index (χ0v) is 16.0. The minimum Gasteiger partial charge on any atom is -0.483 e. The van der Waals surface area contributed by atoms with Crippen molar-refractivity contribution in [3.63, 3.8) is 0 Å². The lowest BCUT2D eigenvalue weighted by Gasteiger charge is -2.29. The lowest BCUT2D eigenvalue weighted by molar-refractivity contribution is -0.133. The monoisotopic (exact) mass is 332 g/mol. The predicted molar refractivity (Wildman–Crippen MR) is 98.8 cm³/mol. The third-order valence-electron chi connectivity index (χ3n) is 4.47. The maximum atomic E-state index is 12.3. The van der Waals surface area contributed by atoms with Gasteiger partial charge in [0.1, 0.15) is 5.75 Å². The number of carbonyl (C=O) groups is 1. The molecule has 1 aromatic rings. The number of nitrogens with zero attached hydrogens (tertiary/aromatic N) is 1. The number of piperazine rings is 1. The van der Waals surface area contributed by atoms with Crippen LogP contribution >= 0.6 is 0 Å². The molecule has 1 aliphatic heterocycles. The van der Waals surface area contributed by atoms with Crippen molar-refractivity contribution in [1.29, 1.82) is 0 Å². The van der Waals surface area contributed by atoms with Gasteiger partial charge in [0.15, 0.2) is 6.61 Å². The fourth-order valence-corrected chi connectivity index (χ4v) is 2.85. The minimum absolute atomic E-state index is 0.0331. The zero-order valence-electron chi connectivity index (χ0n) is 16.0. The summed E-state index contributed by atoms with van der Waals surface area (Å²) >= 11 is 0. The maximum Gasteiger partial charge on any atom is 0.260 e. The lowest BCUT2D eigenvalue weighted by Crippen LogP contribution is -2.48. The topological polar surface area (TPSA) is 41.6 Å². The molecule has 4 nitrogen and oxygen atoms in total. The highest BCUT2D eigenvalue weighted by Crippen LogP contribution is 2.35. The predicted octanol–water partition coefficient (Wildman–Crippen LogP) is 3.09. The van der Waals surface area contributed by atoms with E-state index in [-0.39, 0.29) is 23.3 Å². The molecule has 0 aliphatic carbocycles. The van der Waals surface area contributed by atoms with Gasteiger partial charge in [0, 0.05) is 26.2 Å². The van der Waals surface area contributed by atoms with Gasteiger partial charge >= 0.3 is 0 Å². The van der Waals surface area contributed by atoms with Gasteiger partial charge in [0.25, 0.3) is 5.91 Å². The van der Waals surface area contributed by atoms with Crippen LogP contribution in [0, 0.1) is 0 Å². The Morgan fingerprint density at radius 2 is 1.71 bits per heavy atom. The number of hydrogen-bond acceptors (Lipinski definition) is 3. The summed E-state index contributed by atoms with van der Waals surface area (Å²) < 4.78 is 5.93. The van der Waals surface area contributed by atoms with Crippen LogP contribution in [-0.2, 0) is 15.6 Å². The lowest BCUT2D eigenvalue weighted by atomic mass is 9.80. The zero-order chi connectivity index (χ0) is 18.0. The van der Waals surface area contributed by atoms with Gasteiger partial charge in [0.2, 0.25) is 0 Å². The normalized spacial score (nSPS) is 16.2. The van der Waals surface area contributed by atoms with Crippen molar-refractivity contribution < 1.29 is 9.53 Å². The molecule has 0 spiro atoms. The van der Waals surface area contributed by atoms with Crippen LogP contribution in [0.3, 0.4) is 0 Å². The molecular formula is C20H32N2O2. The van der Waals surface area contributed by atoms with Crippen LogP contribution in [0.2, 0.25) is 0 Å². The van der Waals surface area contributed by atoms with Gasteiger partial charge in [-0.2, -0.15) is 0 Å². The Balaban J connectivity index is 2.15. The molecule has 1 N–H and O–H groups in total. The van der Waals surface area contributed by atoms with Gasteiger partial charge in [-0.1, -0.05) is 53.7 Å². The van der Waals surface area contributed by atoms with E-state index in [1.54, 1.807) is 0 Å². The Morgan fingerprint density at radius 3 is 2.25 bits per heavy atom. The van der Waals surface area contributed by atoms with E-state index in [1.807, 2.05) is 11.0 Å². The third kappa shape index (κ3) is 4.73. The Hall–Kier alpha value is -1.55. The summed E-state index contributed by atoms with van der Waals surface area (Å²) in [6, 6.07) is 6.36. The van der Waals surface area contributed by atoms with E-state index in [1.165, 1.54) is 5.56 Å².